The van der Waals surface area contributed by atoms with Gasteiger partial charge in [-0.1, -0.05) is 25.1 Å². The van der Waals surface area contributed by atoms with Gasteiger partial charge in [-0.05, 0) is 45.9 Å². The standard InChI is InChI=1S/C29H33N3O7S/c1-6-21(25(33)31-26-22(27(34)37-7-2)16(4)24(40-26)29(36)38-8-3)39-28(35)23-17-11-9-10-12-19(17)30-20-13-14-32(5)15-18(20)23/h9-12,21H,6-8,13-15H2,1-5H3,(H,31,33). The number of anilines is 1. The predicted octanol–water partition coefficient (Wildman–Crippen LogP) is 4.52. The van der Waals surface area contributed by atoms with Crippen molar-refractivity contribution >= 4 is 51.1 Å². The van der Waals surface area contributed by atoms with Crippen LogP contribution in [0, 0.1) is 6.92 Å². The molecule has 10 nitrogen and oxygen atoms in total. The SMILES string of the molecule is CCOC(=O)c1sc(NC(=O)C(CC)OC(=O)c2c3c(nc4ccccc24)CCN(C)C3)c(C(=O)OCC)c1C. The van der Waals surface area contributed by atoms with E-state index in [1.807, 2.05) is 31.3 Å². The number of carbonyl (C=O) groups excluding carboxylic acids is 4. The summed E-state index contributed by atoms with van der Waals surface area (Å²) in [5, 5.41) is 3.49. The van der Waals surface area contributed by atoms with Crippen molar-refractivity contribution in [1.29, 1.82) is 0 Å². The molecule has 3 heterocycles. The number of benzene rings is 1. The number of fused-ring (bicyclic) bond motifs is 2. The fraction of sp³-hybridized carbons (Fsp3) is 0.414. The van der Waals surface area contributed by atoms with Crippen LogP contribution in [0.2, 0.25) is 0 Å². The summed E-state index contributed by atoms with van der Waals surface area (Å²) >= 11 is 0.919. The summed E-state index contributed by atoms with van der Waals surface area (Å²) in [6, 6.07) is 7.38. The zero-order valence-corrected chi connectivity index (χ0v) is 24.1. The van der Waals surface area contributed by atoms with Crippen molar-refractivity contribution < 1.29 is 33.4 Å². The number of amides is 1. The number of nitrogens with zero attached hydrogens (tertiary/aromatic N) is 2. The van der Waals surface area contributed by atoms with E-state index >= 15 is 0 Å². The van der Waals surface area contributed by atoms with E-state index in [0.717, 1.165) is 29.1 Å². The fourth-order valence-electron chi connectivity index (χ4n) is 4.70. The summed E-state index contributed by atoms with van der Waals surface area (Å²) in [4.78, 5) is 59.3. The Hall–Kier alpha value is -3.83. The van der Waals surface area contributed by atoms with Crippen molar-refractivity contribution in [3.8, 4) is 0 Å². The Morgan fingerprint density at radius 3 is 2.42 bits per heavy atom. The van der Waals surface area contributed by atoms with Crippen LogP contribution in [0.5, 0.6) is 0 Å². The van der Waals surface area contributed by atoms with E-state index in [2.05, 4.69) is 10.2 Å². The van der Waals surface area contributed by atoms with E-state index in [0.29, 0.717) is 35.0 Å². The number of carbonyl (C=O) groups is 4. The van der Waals surface area contributed by atoms with Gasteiger partial charge in [-0.15, -0.1) is 11.3 Å². The number of rotatable bonds is 9. The highest BCUT2D eigenvalue weighted by Crippen LogP contribution is 2.35. The van der Waals surface area contributed by atoms with Gasteiger partial charge >= 0.3 is 17.9 Å². The minimum absolute atomic E-state index is 0.0710. The molecule has 3 aromatic rings. The third kappa shape index (κ3) is 5.85. The zero-order chi connectivity index (χ0) is 29.0. The Labute approximate surface area is 236 Å². The maximum Gasteiger partial charge on any atom is 0.348 e. The van der Waals surface area contributed by atoms with Gasteiger partial charge in [0.25, 0.3) is 5.91 Å². The van der Waals surface area contributed by atoms with Crippen molar-refractivity contribution in [1.82, 2.24) is 9.88 Å². The molecule has 1 aliphatic rings. The topological polar surface area (TPSA) is 124 Å². The number of likely N-dealkylation sites (N-methyl/N-ethyl adjacent to an activating group) is 1. The van der Waals surface area contributed by atoms with E-state index in [4.69, 9.17) is 19.2 Å². The van der Waals surface area contributed by atoms with Gasteiger partial charge in [-0.25, -0.2) is 14.4 Å². The van der Waals surface area contributed by atoms with E-state index in [1.165, 1.54) is 0 Å². The Bertz CT molecular complexity index is 1470. The van der Waals surface area contributed by atoms with Crippen LogP contribution in [0.25, 0.3) is 10.9 Å². The average molecular weight is 568 g/mol. The summed E-state index contributed by atoms with van der Waals surface area (Å²) in [6.07, 6.45) is -0.266. The first-order valence-corrected chi connectivity index (χ1v) is 14.1. The molecule has 0 aliphatic carbocycles. The highest BCUT2D eigenvalue weighted by molar-refractivity contribution is 7.18. The van der Waals surface area contributed by atoms with Gasteiger partial charge in [0.05, 0.1) is 29.9 Å². The molecule has 0 saturated heterocycles. The Kier molecular flexibility index (Phi) is 9.16. The monoisotopic (exact) mass is 567 g/mol. The van der Waals surface area contributed by atoms with Crippen LogP contribution in [-0.4, -0.2) is 66.6 Å². The molecule has 0 fully saturated rings. The first-order chi connectivity index (χ1) is 19.2. The van der Waals surface area contributed by atoms with Gasteiger partial charge in [-0.3, -0.25) is 9.78 Å². The number of aromatic nitrogens is 1. The quantitative estimate of drug-likeness (QED) is 0.294. The van der Waals surface area contributed by atoms with Gasteiger partial charge in [0.15, 0.2) is 6.10 Å². The van der Waals surface area contributed by atoms with Crippen LogP contribution in [0.3, 0.4) is 0 Å². The minimum atomic E-state index is -1.15. The van der Waals surface area contributed by atoms with Crippen molar-refractivity contribution in [2.75, 3.05) is 32.1 Å². The second-order valence-electron chi connectivity index (χ2n) is 9.41. The van der Waals surface area contributed by atoms with Crippen molar-refractivity contribution in [2.24, 2.45) is 0 Å². The minimum Gasteiger partial charge on any atom is -0.462 e. The molecule has 0 spiro atoms. The first-order valence-electron chi connectivity index (χ1n) is 13.3. The summed E-state index contributed by atoms with van der Waals surface area (Å²) < 4.78 is 16.1. The van der Waals surface area contributed by atoms with E-state index in [-0.39, 0.29) is 35.1 Å². The van der Waals surface area contributed by atoms with Crippen LogP contribution < -0.4 is 5.32 Å². The number of thiophene rings is 1. The molecule has 11 heteroatoms. The van der Waals surface area contributed by atoms with Crippen LogP contribution >= 0.6 is 11.3 Å². The molecule has 1 amide bonds. The van der Waals surface area contributed by atoms with Gasteiger partial charge in [-0.2, -0.15) is 0 Å². The highest BCUT2D eigenvalue weighted by atomic mass is 32.1. The molecule has 1 N–H and O–H groups in total. The molecule has 1 aromatic carbocycles. The molecule has 0 saturated carbocycles. The molecular weight excluding hydrogens is 534 g/mol. The smallest absolute Gasteiger partial charge is 0.348 e. The molecule has 1 atom stereocenters. The molecule has 1 unspecified atom stereocenters. The average Bonchev–Trinajstić information content (AvgIpc) is 3.25. The van der Waals surface area contributed by atoms with E-state index in [1.54, 1.807) is 27.7 Å². The van der Waals surface area contributed by atoms with Crippen LogP contribution in [-0.2, 0) is 32.0 Å². The second kappa shape index (κ2) is 12.6. The number of hydrogen-bond donors (Lipinski definition) is 1. The molecule has 0 bridgehead atoms. The molecule has 2 aromatic heterocycles. The Balaban J connectivity index is 1.64. The predicted molar refractivity (Wildman–Crippen MR) is 151 cm³/mol. The first kappa shape index (κ1) is 29.2. The van der Waals surface area contributed by atoms with Gasteiger partial charge in [0.1, 0.15) is 9.88 Å². The maximum atomic E-state index is 13.7. The van der Waals surface area contributed by atoms with Crippen molar-refractivity contribution in [2.45, 2.75) is 53.2 Å². The molecule has 212 valence electrons. The van der Waals surface area contributed by atoms with Gasteiger partial charge in [0, 0.05) is 36.2 Å². The zero-order valence-electron chi connectivity index (χ0n) is 23.3. The van der Waals surface area contributed by atoms with Crippen molar-refractivity contribution in [3.05, 3.63) is 57.1 Å². The fourth-order valence-corrected chi connectivity index (χ4v) is 5.79. The molecule has 1 aliphatic heterocycles. The summed E-state index contributed by atoms with van der Waals surface area (Å²) in [5.41, 5.74) is 3.16. The number of nitrogens with one attached hydrogen (secondary N) is 1. The largest absolute Gasteiger partial charge is 0.462 e. The van der Waals surface area contributed by atoms with Crippen LogP contribution in [0.15, 0.2) is 24.3 Å². The highest BCUT2D eigenvalue weighted by Gasteiger charge is 2.32. The van der Waals surface area contributed by atoms with E-state index < -0.39 is 29.9 Å². The summed E-state index contributed by atoms with van der Waals surface area (Å²) in [7, 11) is 1.98. The van der Waals surface area contributed by atoms with Gasteiger partial charge < -0.3 is 24.4 Å². The lowest BCUT2D eigenvalue weighted by molar-refractivity contribution is -0.124. The lowest BCUT2D eigenvalue weighted by Crippen LogP contribution is -2.34. The van der Waals surface area contributed by atoms with Gasteiger partial charge in [0.2, 0.25) is 0 Å². The number of esters is 3. The summed E-state index contributed by atoms with van der Waals surface area (Å²) in [6.45, 7) is 8.29. The molecule has 4 rings (SSSR count). The Morgan fingerprint density at radius 1 is 1.02 bits per heavy atom. The number of ether oxygens (including phenoxy) is 3. The lowest BCUT2D eigenvalue weighted by Gasteiger charge is -2.27. The second-order valence-corrected chi connectivity index (χ2v) is 10.4. The number of hydrogen-bond acceptors (Lipinski definition) is 10. The normalized spacial score (nSPS) is 13.8. The lowest BCUT2D eigenvalue weighted by atomic mass is 9.96. The summed E-state index contributed by atoms with van der Waals surface area (Å²) in [5.74, 6) is -2.52. The third-order valence-corrected chi connectivity index (χ3v) is 7.87. The Morgan fingerprint density at radius 2 is 1.73 bits per heavy atom. The van der Waals surface area contributed by atoms with Crippen LogP contribution in [0.1, 0.15) is 74.4 Å². The van der Waals surface area contributed by atoms with Crippen LogP contribution in [0.4, 0.5) is 5.00 Å². The molecule has 0 radical (unpaired) electrons. The number of para-hydroxylation sites is 1. The third-order valence-electron chi connectivity index (χ3n) is 6.68. The maximum absolute atomic E-state index is 13.7. The molecular formula is C29H33N3O7S. The van der Waals surface area contributed by atoms with Crippen molar-refractivity contribution in [3.63, 3.8) is 0 Å². The number of pyridine rings is 1. The molecule has 40 heavy (non-hydrogen) atoms. The van der Waals surface area contributed by atoms with E-state index in [9.17, 15) is 19.2 Å².